The molecule has 3 aromatic carbocycles. The Labute approximate surface area is 189 Å². The fraction of sp³-hybridized carbons (Fsp3) is 0.0769. The van der Waals surface area contributed by atoms with E-state index in [0.29, 0.717) is 28.8 Å². The van der Waals surface area contributed by atoms with Crippen molar-refractivity contribution in [3.8, 4) is 17.6 Å². The lowest BCUT2D eigenvalue weighted by Gasteiger charge is -2.18. The molecule has 1 N–H and O–H groups in total. The molecule has 32 heavy (non-hydrogen) atoms. The van der Waals surface area contributed by atoms with Crippen molar-refractivity contribution in [2.45, 2.75) is 6.42 Å². The summed E-state index contributed by atoms with van der Waals surface area (Å²) in [4.78, 5) is 25.4. The third-order valence-corrected chi connectivity index (χ3v) is 5.23. The Kier molecular flexibility index (Phi) is 6.07. The number of hydrogen-bond acceptors (Lipinski definition) is 3. The lowest BCUT2D eigenvalue weighted by Crippen LogP contribution is -2.27. The van der Waals surface area contributed by atoms with Crippen LogP contribution < -0.4 is 10.1 Å². The second-order valence-electron chi connectivity index (χ2n) is 7.10. The first-order valence-corrected chi connectivity index (χ1v) is 10.1. The standard InChI is InChI=1S/C26H17ClFNO3/c1-32-19-9-5-16(6-10-19)3-2-4-17-8-12-24-20(13-17)25(30)21(26(31)29-24)14-18-7-11-23(28)22(27)15-18/h5-15H,3H2,1H3,(H,29,31)/b21-14+. The zero-order valence-electron chi connectivity index (χ0n) is 17.0. The van der Waals surface area contributed by atoms with Gasteiger partial charge in [0.05, 0.1) is 23.4 Å². The molecule has 0 fully saturated rings. The lowest BCUT2D eigenvalue weighted by molar-refractivity contribution is -0.112. The molecule has 4 rings (SSSR count). The van der Waals surface area contributed by atoms with Crippen LogP contribution in [0.15, 0.2) is 66.2 Å². The zero-order valence-corrected chi connectivity index (χ0v) is 17.8. The number of halogens is 2. The first-order valence-electron chi connectivity index (χ1n) is 9.73. The molecule has 0 saturated heterocycles. The number of Topliss-reactive ketones (excluding diaryl/α,β-unsaturated/α-hetero) is 1. The molecule has 0 radical (unpaired) electrons. The van der Waals surface area contributed by atoms with Crippen LogP contribution in [0.2, 0.25) is 5.02 Å². The molecule has 1 amide bonds. The van der Waals surface area contributed by atoms with Crippen LogP contribution >= 0.6 is 11.6 Å². The van der Waals surface area contributed by atoms with Crippen LogP contribution in [0.5, 0.6) is 5.75 Å². The number of ketones is 1. The van der Waals surface area contributed by atoms with E-state index in [9.17, 15) is 14.0 Å². The maximum absolute atomic E-state index is 13.4. The number of carbonyl (C=O) groups excluding carboxylic acids is 2. The number of fused-ring (bicyclic) bond motifs is 1. The van der Waals surface area contributed by atoms with Gasteiger partial charge >= 0.3 is 0 Å². The molecule has 0 bridgehead atoms. The number of benzene rings is 3. The monoisotopic (exact) mass is 445 g/mol. The Balaban J connectivity index is 1.58. The first-order chi connectivity index (χ1) is 15.4. The molecule has 3 aromatic rings. The van der Waals surface area contributed by atoms with E-state index < -0.39 is 17.5 Å². The molecule has 1 aliphatic heterocycles. The van der Waals surface area contributed by atoms with Crippen molar-refractivity contribution in [3.05, 3.63) is 99.3 Å². The summed E-state index contributed by atoms with van der Waals surface area (Å²) in [6.07, 6.45) is 1.94. The Morgan fingerprint density at radius 3 is 2.56 bits per heavy atom. The van der Waals surface area contributed by atoms with Crippen LogP contribution in [0.4, 0.5) is 10.1 Å². The van der Waals surface area contributed by atoms with Crippen molar-refractivity contribution < 1.29 is 18.7 Å². The van der Waals surface area contributed by atoms with Crippen LogP contribution in [0.25, 0.3) is 6.08 Å². The van der Waals surface area contributed by atoms with Crippen LogP contribution in [0, 0.1) is 17.7 Å². The van der Waals surface area contributed by atoms with E-state index in [1.165, 1.54) is 24.3 Å². The zero-order chi connectivity index (χ0) is 22.7. The van der Waals surface area contributed by atoms with Gasteiger partial charge in [-0.1, -0.05) is 41.6 Å². The Morgan fingerprint density at radius 1 is 1.06 bits per heavy atom. The minimum absolute atomic E-state index is 0.0523. The first kappa shape index (κ1) is 21.4. The summed E-state index contributed by atoms with van der Waals surface area (Å²) in [5.74, 6) is 5.41. The fourth-order valence-corrected chi connectivity index (χ4v) is 3.44. The summed E-state index contributed by atoms with van der Waals surface area (Å²) >= 11 is 5.80. The van der Waals surface area contributed by atoms with Gasteiger partial charge in [-0.2, -0.15) is 0 Å². The van der Waals surface area contributed by atoms with Crippen LogP contribution in [-0.4, -0.2) is 18.8 Å². The average molecular weight is 446 g/mol. The molecule has 0 saturated carbocycles. The highest BCUT2D eigenvalue weighted by molar-refractivity contribution is 6.36. The van der Waals surface area contributed by atoms with Gasteiger partial charge in [0.2, 0.25) is 5.78 Å². The number of carbonyl (C=O) groups is 2. The van der Waals surface area contributed by atoms with Crippen molar-refractivity contribution in [2.75, 3.05) is 12.4 Å². The molecule has 0 spiro atoms. The highest BCUT2D eigenvalue weighted by Gasteiger charge is 2.28. The number of ether oxygens (including phenoxy) is 1. The van der Waals surface area contributed by atoms with Gasteiger partial charge in [0.15, 0.2) is 0 Å². The molecule has 0 atom stereocenters. The van der Waals surface area contributed by atoms with E-state index in [4.69, 9.17) is 16.3 Å². The van der Waals surface area contributed by atoms with Crippen molar-refractivity contribution in [1.82, 2.24) is 0 Å². The second-order valence-corrected chi connectivity index (χ2v) is 7.51. The number of amides is 1. The van der Waals surface area contributed by atoms with Gasteiger partial charge in [-0.3, -0.25) is 9.59 Å². The summed E-state index contributed by atoms with van der Waals surface area (Å²) in [6, 6.07) is 16.7. The average Bonchev–Trinajstić information content (AvgIpc) is 2.80. The van der Waals surface area contributed by atoms with Gasteiger partial charge in [-0.05, 0) is 59.7 Å². The minimum atomic E-state index is -0.573. The number of rotatable bonds is 3. The van der Waals surface area contributed by atoms with Crippen molar-refractivity contribution >= 4 is 35.1 Å². The van der Waals surface area contributed by atoms with Gasteiger partial charge in [0.1, 0.15) is 11.6 Å². The molecule has 6 heteroatoms. The van der Waals surface area contributed by atoms with Crippen molar-refractivity contribution in [1.29, 1.82) is 0 Å². The molecular weight excluding hydrogens is 429 g/mol. The van der Waals surface area contributed by atoms with E-state index in [1.54, 1.807) is 25.3 Å². The number of anilines is 1. The van der Waals surface area contributed by atoms with Crippen LogP contribution in [0.1, 0.15) is 27.0 Å². The molecule has 0 aromatic heterocycles. The highest BCUT2D eigenvalue weighted by Crippen LogP contribution is 2.28. The van der Waals surface area contributed by atoms with E-state index in [0.717, 1.165) is 11.3 Å². The van der Waals surface area contributed by atoms with Gasteiger partial charge in [-0.15, -0.1) is 0 Å². The largest absolute Gasteiger partial charge is 0.497 e. The van der Waals surface area contributed by atoms with E-state index in [-0.39, 0.29) is 10.6 Å². The molecule has 1 aliphatic rings. The topological polar surface area (TPSA) is 55.4 Å². The van der Waals surface area contributed by atoms with E-state index >= 15 is 0 Å². The number of methoxy groups -OCH3 is 1. The Bertz CT molecular complexity index is 1320. The predicted molar refractivity (Wildman–Crippen MR) is 122 cm³/mol. The highest BCUT2D eigenvalue weighted by atomic mass is 35.5. The van der Waals surface area contributed by atoms with Crippen LogP contribution in [0.3, 0.4) is 0 Å². The maximum Gasteiger partial charge on any atom is 0.259 e. The Morgan fingerprint density at radius 2 is 1.84 bits per heavy atom. The molecule has 0 unspecified atom stereocenters. The third kappa shape index (κ3) is 4.56. The molecule has 1 heterocycles. The summed E-state index contributed by atoms with van der Waals surface area (Å²) in [6.45, 7) is 0. The van der Waals surface area contributed by atoms with Gasteiger partial charge in [0.25, 0.3) is 5.91 Å². The molecule has 158 valence electrons. The van der Waals surface area contributed by atoms with E-state index in [2.05, 4.69) is 17.2 Å². The smallest absolute Gasteiger partial charge is 0.259 e. The predicted octanol–water partition coefficient (Wildman–Crippen LogP) is 5.30. The number of nitrogens with one attached hydrogen (secondary N) is 1. The lowest BCUT2D eigenvalue weighted by atomic mass is 9.93. The summed E-state index contributed by atoms with van der Waals surface area (Å²) in [5, 5.41) is 2.63. The molecule has 4 nitrogen and oxygen atoms in total. The SMILES string of the molecule is COc1ccc(CC#Cc2ccc3c(c2)C(=O)/C(=C\c2ccc(F)c(Cl)c2)C(=O)N3)cc1. The fourth-order valence-electron chi connectivity index (χ4n) is 3.25. The summed E-state index contributed by atoms with van der Waals surface area (Å²) in [5.41, 5.74) is 2.88. The minimum Gasteiger partial charge on any atom is -0.497 e. The normalized spacial score (nSPS) is 13.8. The third-order valence-electron chi connectivity index (χ3n) is 4.94. The Hall–Kier alpha value is -3.88. The maximum atomic E-state index is 13.4. The molecule has 0 aliphatic carbocycles. The van der Waals surface area contributed by atoms with Gasteiger partial charge in [-0.25, -0.2) is 4.39 Å². The summed E-state index contributed by atoms with van der Waals surface area (Å²) in [7, 11) is 1.62. The molecular formula is C26H17ClFNO3. The van der Waals surface area contributed by atoms with Crippen molar-refractivity contribution in [2.24, 2.45) is 0 Å². The van der Waals surface area contributed by atoms with E-state index in [1.807, 2.05) is 24.3 Å². The summed E-state index contributed by atoms with van der Waals surface area (Å²) < 4.78 is 18.5. The quantitative estimate of drug-likeness (QED) is 0.338. The van der Waals surface area contributed by atoms with Crippen LogP contribution in [-0.2, 0) is 11.2 Å². The van der Waals surface area contributed by atoms with Gasteiger partial charge < -0.3 is 10.1 Å². The van der Waals surface area contributed by atoms with Crippen molar-refractivity contribution in [3.63, 3.8) is 0 Å². The number of hydrogen-bond donors (Lipinski definition) is 1. The second kappa shape index (κ2) is 9.09. The van der Waals surface area contributed by atoms with Gasteiger partial charge in [0, 0.05) is 17.5 Å².